The van der Waals surface area contributed by atoms with Gasteiger partial charge in [-0.15, -0.1) is 6.58 Å². The van der Waals surface area contributed by atoms with Crippen LogP contribution in [0.4, 0.5) is 5.69 Å². The Bertz CT molecular complexity index is 1030. The van der Waals surface area contributed by atoms with Crippen LogP contribution in [0.1, 0.15) is 28.4 Å². The van der Waals surface area contributed by atoms with E-state index in [1.54, 1.807) is 11.0 Å². The number of anilines is 1. The van der Waals surface area contributed by atoms with Gasteiger partial charge in [-0.3, -0.25) is 4.79 Å². The van der Waals surface area contributed by atoms with E-state index >= 15 is 0 Å². The first-order valence-electron chi connectivity index (χ1n) is 9.69. The smallest absolute Gasteiger partial charge is 0.258 e. The molecular formula is C25H24N2O2. The highest BCUT2D eigenvalue weighted by Crippen LogP contribution is 2.38. The summed E-state index contributed by atoms with van der Waals surface area (Å²) in [5.74, 6) is 0.747. The van der Waals surface area contributed by atoms with Crippen LogP contribution in [0.25, 0.3) is 0 Å². The Kier molecular flexibility index (Phi) is 5.09. The normalized spacial score (nSPS) is 18.0. The van der Waals surface area contributed by atoms with Gasteiger partial charge in [0.2, 0.25) is 0 Å². The largest absolute Gasteiger partial charge is 0.489 e. The van der Waals surface area contributed by atoms with Crippen LogP contribution in [0.5, 0.6) is 5.75 Å². The quantitative estimate of drug-likeness (QED) is 0.595. The molecule has 0 fully saturated rings. The SMILES string of the molecule is C=CCN1C(=O)c2ccccc2NC1(C)c1cccc(OCc2ccccc2)c1. The summed E-state index contributed by atoms with van der Waals surface area (Å²) in [5.41, 5.74) is 2.84. The lowest BCUT2D eigenvalue weighted by Crippen LogP contribution is -2.55. The molecule has 1 unspecified atom stereocenters. The fraction of sp³-hybridized carbons (Fsp3) is 0.160. The molecule has 29 heavy (non-hydrogen) atoms. The van der Waals surface area contributed by atoms with E-state index in [-0.39, 0.29) is 5.91 Å². The first-order chi connectivity index (χ1) is 14.1. The summed E-state index contributed by atoms with van der Waals surface area (Å²) in [6.45, 7) is 6.78. The predicted molar refractivity (Wildman–Crippen MR) is 116 cm³/mol. The molecule has 4 nitrogen and oxygen atoms in total. The van der Waals surface area contributed by atoms with E-state index in [1.165, 1.54) is 0 Å². The van der Waals surface area contributed by atoms with E-state index in [0.29, 0.717) is 18.7 Å². The van der Waals surface area contributed by atoms with Crippen molar-refractivity contribution >= 4 is 11.6 Å². The van der Waals surface area contributed by atoms with Crippen LogP contribution in [0.2, 0.25) is 0 Å². The van der Waals surface area contributed by atoms with Gasteiger partial charge in [0.25, 0.3) is 5.91 Å². The Balaban J connectivity index is 1.66. The first kappa shape index (κ1) is 18.8. The van der Waals surface area contributed by atoms with Gasteiger partial charge < -0.3 is 15.0 Å². The number of hydrogen-bond acceptors (Lipinski definition) is 3. The molecule has 0 saturated heterocycles. The van der Waals surface area contributed by atoms with E-state index in [9.17, 15) is 4.79 Å². The van der Waals surface area contributed by atoms with Crippen molar-refractivity contribution in [3.8, 4) is 5.75 Å². The Morgan fingerprint density at radius 3 is 2.59 bits per heavy atom. The summed E-state index contributed by atoms with van der Waals surface area (Å²) < 4.78 is 6.01. The number of benzene rings is 3. The zero-order chi connectivity index (χ0) is 20.3. The molecule has 1 amide bonds. The summed E-state index contributed by atoms with van der Waals surface area (Å²) in [6, 6.07) is 25.6. The van der Waals surface area contributed by atoms with E-state index in [1.807, 2.05) is 85.8 Å². The number of nitrogens with zero attached hydrogens (tertiary/aromatic N) is 1. The van der Waals surface area contributed by atoms with E-state index in [0.717, 1.165) is 22.6 Å². The molecule has 3 aromatic carbocycles. The van der Waals surface area contributed by atoms with E-state index in [4.69, 9.17) is 4.74 Å². The Hall–Kier alpha value is -3.53. The minimum Gasteiger partial charge on any atom is -0.489 e. The van der Waals surface area contributed by atoms with E-state index < -0.39 is 5.66 Å². The van der Waals surface area contributed by atoms with Gasteiger partial charge in [-0.2, -0.15) is 0 Å². The van der Waals surface area contributed by atoms with Crippen molar-refractivity contribution in [3.05, 3.63) is 108 Å². The lowest BCUT2D eigenvalue weighted by molar-refractivity contribution is 0.0572. The third kappa shape index (κ3) is 3.61. The third-order valence-corrected chi connectivity index (χ3v) is 5.28. The monoisotopic (exact) mass is 384 g/mol. The second kappa shape index (κ2) is 7.84. The molecule has 0 aliphatic carbocycles. The van der Waals surface area contributed by atoms with Gasteiger partial charge in [0.05, 0.1) is 5.56 Å². The lowest BCUT2D eigenvalue weighted by atomic mass is 9.93. The number of hydrogen-bond donors (Lipinski definition) is 1. The van der Waals surface area contributed by atoms with Crippen molar-refractivity contribution in [1.82, 2.24) is 4.90 Å². The summed E-state index contributed by atoms with van der Waals surface area (Å²) in [7, 11) is 0. The topological polar surface area (TPSA) is 41.6 Å². The summed E-state index contributed by atoms with van der Waals surface area (Å²) in [6.07, 6.45) is 1.75. The van der Waals surface area contributed by atoms with Crippen molar-refractivity contribution < 1.29 is 9.53 Å². The predicted octanol–water partition coefficient (Wildman–Crippen LogP) is 5.19. The number of carbonyl (C=O) groups excluding carboxylic acids is 1. The van der Waals surface area contributed by atoms with Gasteiger partial charge in [0.15, 0.2) is 0 Å². The maximum Gasteiger partial charge on any atom is 0.258 e. The standard InChI is InChI=1S/C25H24N2O2/c1-3-16-27-24(28)22-14-7-8-15-23(22)26-25(27,2)20-12-9-13-21(17-20)29-18-19-10-5-4-6-11-19/h3-15,17,26H,1,16,18H2,2H3. The average molecular weight is 384 g/mol. The zero-order valence-electron chi connectivity index (χ0n) is 16.5. The molecule has 4 rings (SSSR count). The molecular weight excluding hydrogens is 360 g/mol. The number of fused-ring (bicyclic) bond motifs is 1. The fourth-order valence-electron chi connectivity index (χ4n) is 3.71. The summed E-state index contributed by atoms with van der Waals surface area (Å²) in [5, 5.41) is 3.56. The van der Waals surface area contributed by atoms with Crippen LogP contribution in [0.3, 0.4) is 0 Å². The second-order valence-corrected chi connectivity index (χ2v) is 7.25. The van der Waals surface area contributed by atoms with Crippen LogP contribution in [-0.2, 0) is 12.3 Å². The maximum atomic E-state index is 13.2. The highest BCUT2D eigenvalue weighted by Gasteiger charge is 2.41. The van der Waals surface area contributed by atoms with Gasteiger partial charge in [-0.25, -0.2) is 0 Å². The third-order valence-electron chi connectivity index (χ3n) is 5.28. The highest BCUT2D eigenvalue weighted by atomic mass is 16.5. The van der Waals surface area contributed by atoms with Gasteiger partial charge in [-0.1, -0.05) is 60.7 Å². The molecule has 0 radical (unpaired) electrons. The van der Waals surface area contributed by atoms with Crippen molar-refractivity contribution in [2.45, 2.75) is 19.2 Å². The second-order valence-electron chi connectivity index (χ2n) is 7.25. The Labute approximate surface area is 171 Å². The van der Waals surface area contributed by atoms with Crippen LogP contribution in [-0.4, -0.2) is 17.4 Å². The van der Waals surface area contributed by atoms with Crippen molar-refractivity contribution in [2.24, 2.45) is 0 Å². The van der Waals surface area contributed by atoms with Crippen LogP contribution in [0, 0.1) is 0 Å². The Morgan fingerprint density at radius 1 is 1.03 bits per heavy atom. The molecule has 1 atom stereocenters. The van der Waals surface area contributed by atoms with Crippen LogP contribution in [0.15, 0.2) is 91.5 Å². The number of nitrogens with one attached hydrogen (secondary N) is 1. The zero-order valence-corrected chi connectivity index (χ0v) is 16.5. The molecule has 3 aromatic rings. The minimum atomic E-state index is -0.717. The van der Waals surface area contributed by atoms with E-state index in [2.05, 4.69) is 11.9 Å². The molecule has 4 heteroatoms. The number of rotatable bonds is 6. The van der Waals surface area contributed by atoms with Crippen molar-refractivity contribution in [3.63, 3.8) is 0 Å². The number of ether oxygens (including phenoxy) is 1. The lowest BCUT2D eigenvalue weighted by Gasteiger charge is -2.46. The molecule has 0 aromatic heterocycles. The molecule has 0 spiro atoms. The number of para-hydroxylation sites is 1. The summed E-state index contributed by atoms with van der Waals surface area (Å²) in [4.78, 5) is 15.0. The van der Waals surface area contributed by atoms with Crippen LogP contribution >= 0.6 is 0 Å². The van der Waals surface area contributed by atoms with Gasteiger partial charge >= 0.3 is 0 Å². The van der Waals surface area contributed by atoms with Gasteiger partial charge in [0.1, 0.15) is 18.0 Å². The molecule has 146 valence electrons. The summed E-state index contributed by atoms with van der Waals surface area (Å²) >= 11 is 0. The minimum absolute atomic E-state index is 0.0163. The van der Waals surface area contributed by atoms with Gasteiger partial charge in [-0.05, 0) is 36.8 Å². The fourth-order valence-corrected chi connectivity index (χ4v) is 3.71. The van der Waals surface area contributed by atoms with Crippen molar-refractivity contribution in [2.75, 3.05) is 11.9 Å². The number of amides is 1. The molecule has 1 aliphatic rings. The van der Waals surface area contributed by atoms with Gasteiger partial charge in [0, 0.05) is 17.8 Å². The molecule has 0 bridgehead atoms. The first-order valence-corrected chi connectivity index (χ1v) is 9.69. The highest BCUT2D eigenvalue weighted by molar-refractivity contribution is 6.02. The van der Waals surface area contributed by atoms with Crippen LogP contribution < -0.4 is 10.1 Å². The Morgan fingerprint density at radius 2 is 1.79 bits per heavy atom. The average Bonchev–Trinajstić information content (AvgIpc) is 2.76. The molecule has 1 N–H and O–H groups in total. The number of carbonyl (C=O) groups is 1. The molecule has 1 aliphatic heterocycles. The molecule has 1 heterocycles. The maximum absolute atomic E-state index is 13.2. The molecule has 0 saturated carbocycles. The van der Waals surface area contributed by atoms with Crippen molar-refractivity contribution in [1.29, 1.82) is 0 Å².